The molecule has 26 heavy (non-hydrogen) atoms. The zero-order valence-corrected chi connectivity index (χ0v) is 15.6. The second-order valence-electron chi connectivity index (χ2n) is 6.74. The molecule has 0 spiro atoms. The van der Waals surface area contributed by atoms with Gasteiger partial charge < -0.3 is 9.64 Å². The molecule has 1 N–H and O–H groups in total. The number of carbonyl (C=O) groups excluding carboxylic acids is 2. The van der Waals surface area contributed by atoms with Crippen LogP contribution < -0.4 is 4.72 Å². The minimum atomic E-state index is -3.65. The first kappa shape index (κ1) is 18.8. The zero-order valence-electron chi connectivity index (χ0n) is 14.8. The maximum atomic E-state index is 12.5. The van der Waals surface area contributed by atoms with E-state index in [9.17, 15) is 18.0 Å². The van der Waals surface area contributed by atoms with Gasteiger partial charge in [0.1, 0.15) is 0 Å². The van der Waals surface area contributed by atoms with E-state index in [2.05, 4.69) is 4.72 Å². The Morgan fingerprint density at radius 1 is 1.12 bits per heavy atom. The highest BCUT2D eigenvalue weighted by atomic mass is 32.2. The lowest BCUT2D eigenvalue weighted by atomic mass is 10.1. The van der Waals surface area contributed by atoms with Crippen LogP contribution in [0.15, 0.2) is 29.2 Å². The Kier molecular flexibility index (Phi) is 5.62. The molecule has 1 amide bonds. The molecular formula is C18H24N2O5S. The quantitative estimate of drug-likeness (QED) is 0.764. The molecule has 1 aromatic rings. The van der Waals surface area contributed by atoms with Crippen molar-refractivity contribution in [1.82, 2.24) is 9.62 Å². The fourth-order valence-corrected chi connectivity index (χ4v) is 4.37. The molecule has 1 saturated heterocycles. The van der Waals surface area contributed by atoms with E-state index < -0.39 is 10.0 Å². The molecule has 0 atom stereocenters. The smallest absolute Gasteiger partial charge is 0.409 e. The third kappa shape index (κ3) is 4.42. The van der Waals surface area contributed by atoms with E-state index >= 15 is 0 Å². The van der Waals surface area contributed by atoms with Crippen LogP contribution in [0.1, 0.15) is 43.0 Å². The molecule has 1 aliphatic carbocycles. The largest absolute Gasteiger partial charge is 0.450 e. The average Bonchev–Trinajstić information content (AvgIpc) is 3.47. The summed E-state index contributed by atoms with van der Waals surface area (Å²) in [5, 5.41) is 0. The molecule has 7 nitrogen and oxygen atoms in total. The van der Waals surface area contributed by atoms with Crippen LogP contribution in [-0.4, -0.2) is 50.9 Å². The molecule has 0 unspecified atom stereocenters. The SMILES string of the molecule is CCOC(=O)N1CCC(NS(=O)(=O)c2ccc(C(=O)C3CC3)cc2)CC1. The second kappa shape index (κ2) is 7.75. The van der Waals surface area contributed by atoms with Crippen molar-refractivity contribution in [2.75, 3.05) is 19.7 Å². The standard InChI is InChI=1S/C18H24N2O5S/c1-2-25-18(22)20-11-9-15(10-12-20)19-26(23,24)16-7-5-14(6-8-16)17(21)13-3-4-13/h5-8,13,15,19H,2-4,9-12H2,1H3. The Morgan fingerprint density at radius 2 is 1.73 bits per heavy atom. The number of ketones is 1. The van der Waals surface area contributed by atoms with E-state index in [1.807, 2.05) is 0 Å². The van der Waals surface area contributed by atoms with Crippen molar-refractivity contribution in [2.45, 2.75) is 43.5 Å². The summed E-state index contributed by atoms with van der Waals surface area (Å²) in [6.07, 6.45) is 2.56. The first-order valence-corrected chi connectivity index (χ1v) is 10.5. The highest BCUT2D eigenvalue weighted by molar-refractivity contribution is 7.89. The summed E-state index contributed by atoms with van der Waals surface area (Å²) in [7, 11) is -3.65. The minimum absolute atomic E-state index is 0.0910. The number of nitrogens with one attached hydrogen (secondary N) is 1. The van der Waals surface area contributed by atoms with Crippen LogP contribution in [0.5, 0.6) is 0 Å². The molecule has 1 aliphatic heterocycles. The number of benzene rings is 1. The Morgan fingerprint density at radius 3 is 2.27 bits per heavy atom. The van der Waals surface area contributed by atoms with E-state index in [0.717, 1.165) is 12.8 Å². The highest BCUT2D eigenvalue weighted by Crippen LogP contribution is 2.32. The van der Waals surface area contributed by atoms with Crippen LogP contribution >= 0.6 is 0 Å². The van der Waals surface area contributed by atoms with Gasteiger partial charge in [-0.3, -0.25) is 4.79 Å². The summed E-state index contributed by atoms with van der Waals surface area (Å²) in [6.45, 7) is 2.99. The Labute approximate surface area is 153 Å². The fourth-order valence-electron chi connectivity index (χ4n) is 3.06. The van der Waals surface area contributed by atoms with Gasteiger partial charge in [-0.1, -0.05) is 12.1 Å². The lowest BCUT2D eigenvalue weighted by molar-refractivity contribution is 0.0958. The number of hydrogen-bond acceptors (Lipinski definition) is 5. The number of amides is 1. The summed E-state index contributed by atoms with van der Waals surface area (Å²) < 4.78 is 32.7. The van der Waals surface area contributed by atoms with E-state index in [0.29, 0.717) is 38.1 Å². The maximum absolute atomic E-state index is 12.5. The molecule has 1 heterocycles. The Balaban J connectivity index is 1.57. The van der Waals surface area contributed by atoms with E-state index in [-0.39, 0.29) is 28.7 Å². The number of rotatable bonds is 6. The highest BCUT2D eigenvalue weighted by Gasteiger charge is 2.31. The van der Waals surface area contributed by atoms with Gasteiger partial charge in [0.25, 0.3) is 0 Å². The Hall–Kier alpha value is -1.93. The first-order valence-electron chi connectivity index (χ1n) is 8.99. The van der Waals surface area contributed by atoms with Gasteiger partial charge >= 0.3 is 6.09 Å². The summed E-state index contributed by atoms with van der Waals surface area (Å²) in [6, 6.07) is 5.90. The zero-order chi connectivity index (χ0) is 18.7. The molecule has 0 bridgehead atoms. The normalized spacial score (nSPS) is 18.6. The number of Topliss-reactive ketones (excluding diaryl/α,β-unsaturated/α-hetero) is 1. The lowest BCUT2D eigenvalue weighted by Gasteiger charge is -2.31. The number of nitrogens with zero attached hydrogens (tertiary/aromatic N) is 1. The van der Waals surface area contributed by atoms with Gasteiger partial charge in [-0.05, 0) is 44.7 Å². The summed E-state index contributed by atoms with van der Waals surface area (Å²) in [5.74, 6) is 0.202. The third-order valence-corrected chi connectivity index (χ3v) is 6.28. The molecule has 0 aromatic heterocycles. The van der Waals surface area contributed by atoms with Crippen molar-refractivity contribution >= 4 is 21.9 Å². The number of ether oxygens (including phenoxy) is 1. The van der Waals surface area contributed by atoms with Gasteiger partial charge in [-0.15, -0.1) is 0 Å². The van der Waals surface area contributed by atoms with Crippen LogP contribution in [0, 0.1) is 5.92 Å². The summed E-state index contributed by atoms with van der Waals surface area (Å²) in [5.41, 5.74) is 0.564. The molecule has 1 aromatic carbocycles. The number of hydrogen-bond donors (Lipinski definition) is 1. The predicted molar refractivity (Wildman–Crippen MR) is 95.4 cm³/mol. The molecule has 3 rings (SSSR count). The lowest BCUT2D eigenvalue weighted by Crippen LogP contribution is -2.46. The van der Waals surface area contributed by atoms with Crippen LogP contribution in [0.3, 0.4) is 0 Å². The van der Waals surface area contributed by atoms with Crippen molar-refractivity contribution < 1.29 is 22.7 Å². The van der Waals surface area contributed by atoms with Gasteiger partial charge in [0, 0.05) is 30.6 Å². The van der Waals surface area contributed by atoms with Gasteiger partial charge in [0.2, 0.25) is 10.0 Å². The van der Waals surface area contributed by atoms with Gasteiger partial charge in [0.15, 0.2) is 5.78 Å². The minimum Gasteiger partial charge on any atom is -0.450 e. The number of carbonyl (C=O) groups is 2. The topological polar surface area (TPSA) is 92.8 Å². The van der Waals surface area contributed by atoms with Gasteiger partial charge in [-0.25, -0.2) is 17.9 Å². The van der Waals surface area contributed by atoms with Gasteiger partial charge in [-0.2, -0.15) is 0 Å². The molecule has 0 radical (unpaired) electrons. The summed E-state index contributed by atoms with van der Waals surface area (Å²) in [4.78, 5) is 25.4. The van der Waals surface area contributed by atoms with Crippen LogP contribution in [0.4, 0.5) is 4.79 Å². The molecule has 8 heteroatoms. The molecule has 142 valence electrons. The van der Waals surface area contributed by atoms with Crippen molar-refractivity contribution in [1.29, 1.82) is 0 Å². The number of sulfonamides is 1. The first-order chi connectivity index (χ1) is 12.4. The van der Waals surface area contributed by atoms with Crippen LogP contribution in [0.25, 0.3) is 0 Å². The predicted octanol–water partition coefficient (Wildman–Crippen LogP) is 2.18. The van der Waals surface area contributed by atoms with E-state index in [4.69, 9.17) is 4.74 Å². The van der Waals surface area contributed by atoms with Crippen molar-refractivity contribution in [3.63, 3.8) is 0 Å². The van der Waals surface area contributed by atoms with E-state index in [1.165, 1.54) is 12.1 Å². The molecule has 2 fully saturated rings. The average molecular weight is 380 g/mol. The monoisotopic (exact) mass is 380 g/mol. The second-order valence-corrected chi connectivity index (χ2v) is 8.46. The number of likely N-dealkylation sites (tertiary alicyclic amines) is 1. The third-order valence-electron chi connectivity index (χ3n) is 4.74. The van der Waals surface area contributed by atoms with Gasteiger partial charge in [0.05, 0.1) is 11.5 Å². The summed E-state index contributed by atoms with van der Waals surface area (Å²) >= 11 is 0. The molecule has 1 saturated carbocycles. The van der Waals surface area contributed by atoms with Crippen LogP contribution in [0.2, 0.25) is 0 Å². The van der Waals surface area contributed by atoms with Crippen molar-refractivity contribution in [3.8, 4) is 0 Å². The number of piperidine rings is 1. The van der Waals surface area contributed by atoms with Crippen molar-refractivity contribution in [2.24, 2.45) is 5.92 Å². The van der Waals surface area contributed by atoms with E-state index in [1.54, 1.807) is 24.0 Å². The maximum Gasteiger partial charge on any atom is 0.409 e. The van der Waals surface area contributed by atoms with Crippen LogP contribution in [-0.2, 0) is 14.8 Å². The molecule has 2 aliphatic rings. The molecular weight excluding hydrogens is 356 g/mol. The fraction of sp³-hybridized carbons (Fsp3) is 0.556. The Bertz CT molecular complexity index is 763. The van der Waals surface area contributed by atoms with Crippen molar-refractivity contribution in [3.05, 3.63) is 29.8 Å².